The molecule has 0 aliphatic carbocycles. The molecule has 2 aromatic heterocycles. The summed E-state index contributed by atoms with van der Waals surface area (Å²) in [5.41, 5.74) is 1.25. The average Bonchev–Trinajstić information content (AvgIpc) is 2.56. The summed E-state index contributed by atoms with van der Waals surface area (Å²) >= 11 is 0. The van der Waals surface area contributed by atoms with E-state index in [0.29, 0.717) is 11.8 Å². The molecule has 7 heteroatoms. The number of hydrogen-bond acceptors (Lipinski definition) is 5. The summed E-state index contributed by atoms with van der Waals surface area (Å²) < 4.78 is 13.0. The van der Waals surface area contributed by atoms with Crippen LogP contribution in [0.3, 0.4) is 0 Å². The molecule has 0 aliphatic rings. The number of aliphatic hydroxyl groups excluding tert-OH is 1. The van der Waals surface area contributed by atoms with Crippen molar-refractivity contribution < 1.29 is 24.5 Å². The molecule has 3 aromatic rings. The lowest BCUT2D eigenvalue weighted by Gasteiger charge is -2.12. The number of aromatic hydroxyl groups is 1. The second-order valence-electron chi connectivity index (χ2n) is 5.72. The van der Waals surface area contributed by atoms with Crippen LogP contribution in [0.2, 0.25) is 0 Å². The highest BCUT2D eigenvalue weighted by Gasteiger charge is 2.21. The van der Waals surface area contributed by atoms with Gasteiger partial charge in [-0.3, -0.25) is 4.98 Å². The molecule has 0 saturated carbocycles. The minimum atomic E-state index is -1.40. The lowest BCUT2D eigenvalue weighted by atomic mass is 10.0. The van der Waals surface area contributed by atoms with Crippen molar-refractivity contribution in [2.45, 2.75) is 19.4 Å². The maximum absolute atomic E-state index is 13.0. The summed E-state index contributed by atoms with van der Waals surface area (Å²) in [4.78, 5) is 19.2. The number of fused-ring (bicyclic) bond motifs is 1. The van der Waals surface area contributed by atoms with Gasteiger partial charge in [-0.05, 0) is 42.7 Å². The third kappa shape index (κ3) is 3.27. The average molecular weight is 342 g/mol. The third-order valence-electron chi connectivity index (χ3n) is 3.82. The third-order valence-corrected chi connectivity index (χ3v) is 3.82. The minimum Gasteiger partial charge on any atom is -0.504 e. The number of rotatable bonds is 4. The van der Waals surface area contributed by atoms with Crippen LogP contribution in [-0.4, -0.2) is 31.3 Å². The topological polar surface area (TPSA) is 104 Å². The number of halogens is 1. The molecule has 1 aromatic carbocycles. The van der Waals surface area contributed by atoms with Gasteiger partial charge in [-0.25, -0.2) is 14.2 Å². The van der Waals surface area contributed by atoms with Gasteiger partial charge in [-0.15, -0.1) is 0 Å². The van der Waals surface area contributed by atoms with Crippen molar-refractivity contribution in [3.63, 3.8) is 0 Å². The van der Waals surface area contributed by atoms with Gasteiger partial charge in [0.15, 0.2) is 11.4 Å². The van der Waals surface area contributed by atoms with E-state index in [-0.39, 0.29) is 17.0 Å². The summed E-state index contributed by atoms with van der Waals surface area (Å²) in [6.45, 7) is 1.46. The Morgan fingerprint density at radius 3 is 2.52 bits per heavy atom. The number of aliphatic hydroxyl groups is 1. The summed E-state index contributed by atoms with van der Waals surface area (Å²) in [7, 11) is 0. The smallest absolute Gasteiger partial charge is 0.358 e. The summed E-state index contributed by atoms with van der Waals surface area (Å²) in [5.74, 6) is -2.27. The van der Waals surface area contributed by atoms with Gasteiger partial charge in [0, 0.05) is 11.6 Å². The number of nitrogens with zero attached hydrogens (tertiary/aromatic N) is 2. The molecule has 0 saturated heterocycles. The van der Waals surface area contributed by atoms with Crippen molar-refractivity contribution in [1.82, 2.24) is 9.97 Å². The van der Waals surface area contributed by atoms with Crippen molar-refractivity contribution in [1.29, 1.82) is 0 Å². The van der Waals surface area contributed by atoms with Gasteiger partial charge in [-0.2, -0.15) is 0 Å². The van der Waals surface area contributed by atoms with E-state index in [1.165, 1.54) is 25.3 Å². The Balaban J connectivity index is 2.12. The number of benzene rings is 1. The number of carbonyl (C=O) groups is 1. The molecule has 0 spiro atoms. The first-order valence-corrected chi connectivity index (χ1v) is 7.54. The zero-order chi connectivity index (χ0) is 18.1. The predicted molar refractivity (Wildman–Crippen MR) is 88.0 cm³/mol. The number of carboxylic acid groups (broad SMARTS) is 1. The van der Waals surface area contributed by atoms with Gasteiger partial charge in [0.1, 0.15) is 11.3 Å². The van der Waals surface area contributed by atoms with Gasteiger partial charge >= 0.3 is 5.97 Å². The fourth-order valence-corrected chi connectivity index (χ4v) is 2.64. The van der Waals surface area contributed by atoms with Crippen LogP contribution in [0.25, 0.3) is 10.9 Å². The van der Waals surface area contributed by atoms with E-state index < -0.39 is 23.5 Å². The first-order chi connectivity index (χ1) is 11.9. The Morgan fingerprint density at radius 1 is 1.24 bits per heavy atom. The molecule has 0 amide bonds. The van der Waals surface area contributed by atoms with E-state index in [1.807, 2.05) is 0 Å². The van der Waals surface area contributed by atoms with Crippen molar-refractivity contribution in [2.75, 3.05) is 0 Å². The molecule has 6 nitrogen and oxygen atoms in total. The van der Waals surface area contributed by atoms with Crippen LogP contribution in [0, 0.1) is 5.82 Å². The first kappa shape index (κ1) is 16.8. The molecule has 3 N–H and O–H groups in total. The van der Waals surface area contributed by atoms with E-state index in [2.05, 4.69) is 9.97 Å². The SMILES string of the molecule is CC(O)c1nc(C(=O)O)c(O)c2ncc(Cc3ccc(F)cc3)cc12. The predicted octanol–water partition coefficient (Wildman–Crippen LogP) is 2.82. The van der Waals surface area contributed by atoms with Crippen molar-refractivity contribution in [3.8, 4) is 5.75 Å². The Kier molecular flexibility index (Phi) is 4.33. The lowest BCUT2D eigenvalue weighted by Crippen LogP contribution is -2.08. The van der Waals surface area contributed by atoms with Gasteiger partial charge in [-0.1, -0.05) is 12.1 Å². The van der Waals surface area contributed by atoms with E-state index in [4.69, 9.17) is 5.11 Å². The summed E-state index contributed by atoms with van der Waals surface area (Å²) in [5, 5.41) is 29.5. The molecule has 3 rings (SSSR count). The fraction of sp³-hybridized carbons (Fsp3) is 0.167. The molecule has 2 heterocycles. The first-order valence-electron chi connectivity index (χ1n) is 7.54. The Bertz CT molecular complexity index is 955. The van der Waals surface area contributed by atoms with Crippen LogP contribution < -0.4 is 0 Å². The summed E-state index contributed by atoms with van der Waals surface area (Å²) in [6.07, 6.45) is 0.927. The van der Waals surface area contributed by atoms with Crippen molar-refractivity contribution in [3.05, 3.63) is 64.9 Å². The van der Waals surface area contributed by atoms with Crippen LogP contribution >= 0.6 is 0 Å². The maximum atomic E-state index is 13.0. The van der Waals surface area contributed by atoms with Crippen molar-refractivity contribution >= 4 is 16.9 Å². The Labute approximate surface area is 142 Å². The van der Waals surface area contributed by atoms with E-state index in [1.54, 1.807) is 18.2 Å². The Hall–Kier alpha value is -3.06. The summed E-state index contributed by atoms with van der Waals surface area (Å²) in [6, 6.07) is 7.71. The quantitative estimate of drug-likeness (QED) is 0.674. The zero-order valence-corrected chi connectivity index (χ0v) is 13.3. The van der Waals surface area contributed by atoms with Crippen LogP contribution in [0.5, 0.6) is 5.75 Å². The fourth-order valence-electron chi connectivity index (χ4n) is 2.64. The Morgan fingerprint density at radius 2 is 1.92 bits per heavy atom. The normalized spacial score (nSPS) is 12.3. The van der Waals surface area contributed by atoms with Crippen LogP contribution in [0.4, 0.5) is 4.39 Å². The van der Waals surface area contributed by atoms with Crippen LogP contribution in [0.1, 0.15) is 40.3 Å². The molecular formula is C18H15FN2O4. The maximum Gasteiger partial charge on any atom is 0.358 e. The van der Waals surface area contributed by atoms with Crippen LogP contribution in [0.15, 0.2) is 36.5 Å². The standard InChI is InChI=1S/C18H15FN2O4/c1-9(22)14-13-7-11(6-10-2-4-12(19)5-3-10)8-20-15(13)17(23)16(21-14)18(24)25/h2-5,7-9,22-23H,6H2,1H3,(H,24,25). The van der Waals surface area contributed by atoms with E-state index >= 15 is 0 Å². The van der Waals surface area contributed by atoms with E-state index in [0.717, 1.165) is 11.1 Å². The largest absolute Gasteiger partial charge is 0.504 e. The number of pyridine rings is 2. The second-order valence-corrected chi connectivity index (χ2v) is 5.72. The minimum absolute atomic E-state index is 0.0613. The van der Waals surface area contributed by atoms with Gasteiger partial charge in [0.2, 0.25) is 0 Å². The monoisotopic (exact) mass is 342 g/mol. The van der Waals surface area contributed by atoms with E-state index in [9.17, 15) is 19.4 Å². The molecule has 128 valence electrons. The lowest BCUT2D eigenvalue weighted by molar-refractivity contribution is 0.0686. The number of aromatic nitrogens is 2. The highest BCUT2D eigenvalue weighted by atomic mass is 19.1. The molecule has 0 radical (unpaired) electrons. The molecular weight excluding hydrogens is 327 g/mol. The molecule has 0 bridgehead atoms. The number of hydrogen-bond donors (Lipinski definition) is 3. The highest BCUT2D eigenvalue weighted by molar-refractivity contribution is 5.97. The molecule has 25 heavy (non-hydrogen) atoms. The molecule has 1 unspecified atom stereocenters. The number of carboxylic acids is 1. The molecule has 1 atom stereocenters. The number of aromatic carboxylic acids is 1. The van der Waals surface area contributed by atoms with Crippen LogP contribution in [-0.2, 0) is 6.42 Å². The zero-order valence-electron chi connectivity index (χ0n) is 13.3. The van der Waals surface area contributed by atoms with Gasteiger partial charge in [0.25, 0.3) is 0 Å². The molecule has 0 fully saturated rings. The highest BCUT2D eigenvalue weighted by Crippen LogP contribution is 2.31. The van der Waals surface area contributed by atoms with Crippen molar-refractivity contribution in [2.24, 2.45) is 0 Å². The van der Waals surface area contributed by atoms with Gasteiger partial charge in [0.05, 0.1) is 11.8 Å². The molecule has 0 aliphatic heterocycles. The van der Waals surface area contributed by atoms with Gasteiger partial charge < -0.3 is 15.3 Å². The second kappa shape index (κ2) is 6.45.